The average molecular weight is 391 g/mol. The molecule has 0 spiro atoms. The first-order chi connectivity index (χ1) is 12.9. The molecule has 2 amide bonds. The lowest BCUT2D eigenvalue weighted by atomic mass is 10.1. The van der Waals surface area contributed by atoms with Crippen LogP contribution >= 0.6 is 11.6 Å². The van der Waals surface area contributed by atoms with E-state index in [0.717, 1.165) is 5.56 Å². The molecule has 2 aromatic carbocycles. The molecule has 27 heavy (non-hydrogen) atoms. The Morgan fingerprint density at radius 1 is 1.04 bits per heavy atom. The number of ether oxygens (including phenoxy) is 1. The van der Waals surface area contributed by atoms with E-state index >= 15 is 0 Å². The topological polar surface area (TPSA) is 105 Å². The van der Waals surface area contributed by atoms with E-state index < -0.39 is 30.6 Å². The van der Waals surface area contributed by atoms with Gasteiger partial charge in [0.1, 0.15) is 19.2 Å². The van der Waals surface area contributed by atoms with Crippen molar-refractivity contribution in [3.05, 3.63) is 70.7 Å². The summed E-state index contributed by atoms with van der Waals surface area (Å²) in [7, 11) is 0. The molecule has 0 aromatic heterocycles. The number of aliphatic carboxylic acids is 1. The summed E-state index contributed by atoms with van der Waals surface area (Å²) in [6, 6.07) is 14.6. The maximum Gasteiger partial charge on any atom is 0.407 e. The van der Waals surface area contributed by atoms with E-state index in [1.165, 1.54) is 0 Å². The number of alkyl carbamates (subject to hydrolysis) is 1. The molecule has 142 valence electrons. The molecule has 0 bridgehead atoms. The minimum Gasteiger partial charge on any atom is -0.480 e. The number of benzene rings is 2. The third-order valence-corrected chi connectivity index (χ3v) is 3.80. The summed E-state index contributed by atoms with van der Waals surface area (Å²) in [5.74, 6) is -1.82. The highest BCUT2D eigenvalue weighted by Crippen LogP contribution is 2.12. The number of halogens is 1. The number of carboxylic acids is 1. The first kappa shape index (κ1) is 20.3. The van der Waals surface area contributed by atoms with Crippen molar-refractivity contribution in [1.82, 2.24) is 10.6 Å². The third kappa shape index (κ3) is 7.37. The normalized spacial score (nSPS) is 11.3. The molecule has 0 aliphatic heterocycles. The van der Waals surface area contributed by atoms with Crippen LogP contribution < -0.4 is 10.6 Å². The van der Waals surface area contributed by atoms with Gasteiger partial charge >= 0.3 is 12.1 Å². The highest BCUT2D eigenvalue weighted by Gasteiger charge is 2.20. The fraction of sp³-hybridized carbons (Fsp3) is 0.211. The van der Waals surface area contributed by atoms with Gasteiger partial charge in [-0.25, -0.2) is 9.59 Å². The summed E-state index contributed by atoms with van der Waals surface area (Å²) < 4.78 is 4.98. The number of carbonyl (C=O) groups is 3. The standard InChI is InChI=1S/C19H19ClN2O5/c20-15-8-4-7-14(9-15)10-16(18(24)25)22-17(23)11-21-19(26)27-12-13-5-2-1-3-6-13/h1-9,16H,10-12H2,(H,21,26)(H,22,23)(H,24,25)/t16-/m0/s1. The zero-order valence-electron chi connectivity index (χ0n) is 14.4. The van der Waals surface area contributed by atoms with Crippen molar-refractivity contribution in [3.63, 3.8) is 0 Å². The van der Waals surface area contributed by atoms with E-state index in [2.05, 4.69) is 10.6 Å². The van der Waals surface area contributed by atoms with E-state index in [1.54, 1.807) is 36.4 Å². The maximum absolute atomic E-state index is 11.9. The van der Waals surface area contributed by atoms with Crippen molar-refractivity contribution >= 4 is 29.6 Å². The molecule has 8 heteroatoms. The lowest BCUT2D eigenvalue weighted by Gasteiger charge is -2.15. The fourth-order valence-electron chi connectivity index (χ4n) is 2.27. The highest BCUT2D eigenvalue weighted by atomic mass is 35.5. The summed E-state index contributed by atoms with van der Waals surface area (Å²) in [5, 5.41) is 14.4. The summed E-state index contributed by atoms with van der Waals surface area (Å²) >= 11 is 5.88. The van der Waals surface area contributed by atoms with Gasteiger partial charge in [-0.1, -0.05) is 54.1 Å². The molecule has 7 nitrogen and oxygen atoms in total. The molecule has 0 saturated heterocycles. The number of hydrogen-bond donors (Lipinski definition) is 3. The van der Waals surface area contributed by atoms with Gasteiger partial charge < -0.3 is 20.5 Å². The van der Waals surface area contributed by atoms with Gasteiger partial charge in [0.05, 0.1) is 0 Å². The first-order valence-corrected chi connectivity index (χ1v) is 8.53. The molecule has 0 heterocycles. The fourth-order valence-corrected chi connectivity index (χ4v) is 2.48. The molecule has 0 unspecified atom stereocenters. The van der Waals surface area contributed by atoms with Crippen molar-refractivity contribution in [2.24, 2.45) is 0 Å². The van der Waals surface area contributed by atoms with Gasteiger partial charge in [-0.3, -0.25) is 4.79 Å². The Morgan fingerprint density at radius 2 is 1.74 bits per heavy atom. The zero-order valence-corrected chi connectivity index (χ0v) is 15.1. The van der Waals surface area contributed by atoms with Crippen molar-refractivity contribution in [2.45, 2.75) is 19.1 Å². The smallest absolute Gasteiger partial charge is 0.407 e. The first-order valence-electron chi connectivity index (χ1n) is 8.15. The number of hydrogen-bond acceptors (Lipinski definition) is 4. The van der Waals surface area contributed by atoms with E-state index in [-0.39, 0.29) is 13.0 Å². The molecule has 2 aromatic rings. The van der Waals surface area contributed by atoms with Crippen LogP contribution in [0, 0.1) is 0 Å². The summed E-state index contributed by atoms with van der Waals surface area (Å²) in [6.07, 6.45) is -0.698. The van der Waals surface area contributed by atoms with Crippen LogP contribution in [-0.2, 0) is 27.4 Å². The van der Waals surface area contributed by atoms with Crippen molar-refractivity contribution < 1.29 is 24.2 Å². The van der Waals surface area contributed by atoms with Gasteiger partial charge in [0.25, 0.3) is 0 Å². The van der Waals surface area contributed by atoms with Gasteiger partial charge in [-0.05, 0) is 23.3 Å². The van der Waals surface area contributed by atoms with Crippen molar-refractivity contribution in [1.29, 1.82) is 0 Å². The lowest BCUT2D eigenvalue weighted by Crippen LogP contribution is -2.46. The van der Waals surface area contributed by atoms with Crippen LogP contribution in [-0.4, -0.2) is 35.7 Å². The molecular formula is C19H19ClN2O5. The van der Waals surface area contributed by atoms with Crippen LogP contribution in [0.1, 0.15) is 11.1 Å². The van der Waals surface area contributed by atoms with E-state index in [9.17, 15) is 19.5 Å². The Balaban J connectivity index is 1.78. The molecule has 0 radical (unpaired) electrons. The lowest BCUT2D eigenvalue weighted by molar-refractivity contribution is -0.141. The molecular weight excluding hydrogens is 372 g/mol. The molecule has 3 N–H and O–H groups in total. The molecule has 0 aliphatic carbocycles. The Morgan fingerprint density at radius 3 is 2.41 bits per heavy atom. The quantitative estimate of drug-likeness (QED) is 0.641. The predicted molar refractivity (Wildman–Crippen MR) is 99.4 cm³/mol. The molecule has 0 aliphatic rings. The van der Waals surface area contributed by atoms with Crippen LogP contribution in [0.15, 0.2) is 54.6 Å². The monoisotopic (exact) mass is 390 g/mol. The van der Waals surface area contributed by atoms with Crippen molar-refractivity contribution in [2.75, 3.05) is 6.54 Å². The molecule has 2 rings (SSSR count). The zero-order chi connectivity index (χ0) is 19.6. The summed E-state index contributed by atoms with van der Waals surface area (Å²) in [5.41, 5.74) is 1.48. The Hall–Kier alpha value is -3.06. The van der Waals surface area contributed by atoms with Gasteiger partial charge in [0.2, 0.25) is 5.91 Å². The van der Waals surface area contributed by atoms with Gasteiger partial charge in [-0.2, -0.15) is 0 Å². The SMILES string of the molecule is O=C(CNC(=O)OCc1ccccc1)N[C@@H](Cc1cccc(Cl)c1)C(=O)O. The Kier molecular flexibility index (Phi) is 7.63. The minimum atomic E-state index is -1.19. The highest BCUT2D eigenvalue weighted by molar-refractivity contribution is 6.30. The largest absolute Gasteiger partial charge is 0.480 e. The van der Waals surface area contributed by atoms with E-state index in [1.807, 2.05) is 18.2 Å². The molecule has 1 atom stereocenters. The maximum atomic E-state index is 11.9. The third-order valence-electron chi connectivity index (χ3n) is 3.57. The van der Waals surface area contributed by atoms with E-state index in [4.69, 9.17) is 16.3 Å². The number of rotatable bonds is 8. The predicted octanol–water partition coefficient (Wildman–Crippen LogP) is 2.38. The minimum absolute atomic E-state index is 0.0695. The Bertz CT molecular complexity index is 798. The molecule has 0 saturated carbocycles. The van der Waals surface area contributed by atoms with Crippen LogP contribution in [0.25, 0.3) is 0 Å². The van der Waals surface area contributed by atoms with Crippen LogP contribution in [0.4, 0.5) is 4.79 Å². The Labute approximate surface area is 161 Å². The summed E-state index contributed by atoms with van der Waals surface area (Å²) in [4.78, 5) is 34.9. The van der Waals surface area contributed by atoms with Gasteiger partial charge in [-0.15, -0.1) is 0 Å². The van der Waals surface area contributed by atoms with Crippen LogP contribution in [0.3, 0.4) is 0 Å². The van der Waals surface area contributed by atoms with Gasteiger partial charge in [0.15, 0.2) is 0 Å². The average Bonchev–Trinajstić information content (AvgIpc) is 2.65. The second-order valence-corrected chi connectivity index (χ2v) is 6.14. The van der Waals surface area contributed by atoms with Crippen molar-refractivity contribution in [3.8, 4) is 0 Å². The summed E-state index contributed by atoms with van der Waals surface area (Å²) in [6.45, 7) is -0.326. The van der Waals surface area contributed by atoms with Crippen LogP contribution in [0.5, 0.6) is 0 Å². The number of nitrogens with one attached hydrogen (secondary N) is 2. The number of carbonyl (C=O) groups excluding carboxylic acids is 2. The van der Waals surface area contributed by atoms with E-state index in [0.29, 0.717) is 10.6 Å². The second-order valence-electron chi connectivity index (χ2n) is 5.71. The van der Waals surface area contributed by atoms with Gasteiger partial charge in [0, 0.05) is 11.4 Å². The number of amides is 2. The number of carboxylic acid groups (broad SMARTS) is 1. The second kappa shape index (κ2) is 10.2. The van der Waals surface area contributed by atoms with Crippen LogP contribution in [0.2, 0.25) is 5.02 Å². The molecule has 0 fully saturated rings.